The van der Waals surface area contributed by atoms with E-state index in [4.69, 9.17) is 0 Å². The standard InChI is InChI=1S/C24H27F3N2O/c1-4-15(3)29-22(30)13-19(17-10-6-7-12-21(17)24(25,26)27)20-14-28-23-16(5-2)9-8-11-18(20)23/h6-12,14-15,19,28H,4-5,13H2,1-3H3,(H,29,30)/t15-,19-/m0/s1. The molecule has 2 N–H and O–H groups in total. The molecule has 0 bridgehead atoms. The Bertz CT molecular complexity index is 1020. The van der Waals surface area contributed by atoms with Gasteiger partial charge < -0.3 is 10.3 Å². The molecule has 6 heteroatoms. The van der Waals surface area contributed by atoms with Crippen molar-refractivity contribution in [2.45, 2.75) is 58.2 Å². The second-order valence-corrected chi connectivity index (χ2v) is 7.66. The van der Waals surface area contributed by atoms with Crippen LogP contribution in [0.25, 0.3) is 10.9 Å². The summed E-state index contributed by atoms with van der Waals surface area (Å²) in [6.45, 7) is 5.87. The zero-order chi connectivity index (χ0) is 21.9. The van der Waals surface area contributed by atoms with Gasteiger partial charge in [-0.25, -0.2) is 0 Å². The first-order valence-electron chi connectivity index (χ1n) is 10.3. The maximum Gasteiger partial charge on any atom is 0.416 e. The molecule has 3 nitrogen and oxygen atoms in total. The summed E-state index contributed by atoms with van der Waals surface area (Å²) in [5, 5.41) is 3.74. The first-order valence-corrected chi connectivity index (χ1v) is 10.3. The lowest BCUT2D eigenvalue weighted by Gasteiger charge is -2.22. The van der Waals surface area contributed by atoms with E-state index in [0.29, 0.717) is 5.56 Å². The summed E-state index contributed by atoms with van der Waals surface area (Å²) in [4.78, 5) is 15.9. The minimum Gasteiger partial charge on any atom is -0.361 e. The Labute approximate surface area is 174 Å². The molecule has 0 spiro atoms. The average Bonchev–Trinajstić information content (AvgIpc) is 3.15. The third-order valence-corrected chi connectivity index (χ3v) is 5.64. The first kappa shape index (κ1) is 21.9. The lowest BCUT2D eigenvalue weighted by molar-refractivity contribution is -0.138. The van der Waals surface area contributed by atoms with E-state index in [1.807, 2.05) is 39.0 Å². The second kappa shape index (κ2) is 8.94. The summed E-state index contributed by atoms with van der Waals surface area (Å²) in [6, 6.07) is 11.3. The third kappa shape index (κ3) is 4.53. The summed E-state index contributed by atoms with van der Waals surface area (Å²) in [5.41, 5.74) is 2.12. The van der Waals surface area contributed by atoms with Crippen LogP contribution in [0.3, 0.4) is 0 Å². The van der Waals surface area contributed by atoms with Crippen molar-refractivity contribution >= 4 is 16.8 Å². The number of para-hydroxylation sites is 1. The van der Waals surface area contributed by atoms with Gasteiger partial charge in [0.15, 0.2) is 0 Å². The number of hydrogen-bond donors (Lipinski definition) is 2. The second-order valence-electron chi connectivity index (χ2n) is 7.66. The molecule has 0 aliphatic heterocycles. The van der Waals surface area contributed by atoms with Gasteiger partial charge in [-0.05, 0) is 42.5 Å². The van der Waals surface area contributed by atoms with E-state index >= 15 is 0 Å². The molecule has 1 aromatic heterocycles. The van der Waals surface area contributed by atoms with Crippen LogP contribution < -0.4 is 5.32 Å². The molecular weight excluding hydrogens is 389 g/mol. The van der Waals surface area contributed by atoms with Crippen molar-refractivity contribution in [3.05, 3.63) is 70.9 Å². The van der Waals surface area contributed by atoms with Gasteiger partial charge in [0.25, 0.3) is 0 Å². The Hall–Kier alpha value is -2.76. The number of carbonyl (C=O) groups excluding carboxylic acids is 1. The zero-order valence-corrected chi connectivity index (χ0v) is 17.4. The van der Waals surface area contributed by atoms with E-state index in [1.165, 1.54) is 12.1 Å². The van der Waals surface area contributed by atoms with Crippen molar-refractivity contribution in [2.24, 2.45) is 0 Å². The fraction of sp³-hybridized carbons (Fsp3) is 0.375. The van der Waals surface area contributed by atoms with Crippen LogP contribution in [0, 0.1) is 0 Å². The quantitative estimate of drug-likeness (QED) is 0.474. The Morgan fingerprint density at radius 2 is 1.80 bits per heavy atom. The van der Waals surface area contributed by atoms with Crippen LogP contribution in [0.1, 0.15) is 61.8 Å². The highest BCUT2D eigenvalue weighted by molar-refractivity contribution is 5.88. The van der Waals surface area contributed by atoms with E-state index in [-0.39, 0.29) is 23.9 Å². The molecule has 0 saturated carbocycles. The van der Waals surface area contributed by atoms with Crippen molar-refractivity contribution in [2.75, 3.05) is 0 Å². The lowest BCUT2D eigenvalue weighted by atomic mass is 9.84. The van der Waals surface area contributed by atoms with Gasteiger partial charge in [-0.3, -0.25) is 4.79 Å². The van der Waals surface area contributed by atoms with Crippen molar-refractivity contribution in [1.82, 2.24) is 10.3 Å². The molecule has 3 aromatic rings. The van der Waals surface area contributed by atoms with Gasteiger partial charge in [-0.2, -0.15) is 13.2 Å². The molecule has 3 rings (SSSR count). The Balaban J connectivity index is 2.14. The Morgan fingerprint density at radius 3 is 2.47 bits per heavy atom. The Morgan fingerprint density at radius 1 is 1.07 bits per heavy atom. The highest BCUT2D eigenvalue weighted by Gasteiger charge is 2.36. The molecular formula is C24H27F3N2O. The van der Waals surface area contributed by atoms with Gasteiger partial charge in [0.1, 0.15) is 0 Å². The molecule has 1 amide bonds. The number of H-pyrrole nitrogens is 1. The van der Waals surface area contributed by atoms with Gasteiger partial charge in [-0.15, -0.1) is 0 Å². The molecule has 160 valence electrons. The number of amides is 1. The van der Waals surface area contributed by atoms with E-state index in [9.17, 15) is 18.0 Å². The van der Waals surface area contributed by atoms with Gasteiger partial charge in [0, 0.05) is 35.5 Å². The fourth-order valence-corrected chi connectivity index (χ4v) is 3.89. The molecule has 0 aliphatic carbocycles. The number of benzene rings is 2. The molecule has 0 unspecified atom stereocenters. The average molecular weight is 416 g/mol. The van der Waals surface area contributed by atoms with Crippen LogP contribution in [-0.2, 0) is 17.4 Å². The molecule has 0 fully saturated rings. The number of alkyl halides is 3. The van der Waals surface area contributed by atoms with Gasteiger partial charge in [-0.1, -0.05) is 50.2 Å². The molecule has 1 heterocycles. The van der Waals surface area contributed by atoms with Crippen LogP contribution in [-0.4, -0.2) is 16.9 Å². The van der Waals surface area contributed by atoms with Crippen molar-refractivity contribution in [3.63, 3.8) is 0 Å². The minimum absolute atomic E-state index is 0.0364. The van der Waals surface area contributed by atoms with Crippen LogP contribution in [0.15, 0.2) is 48.7 Å². The van der Waals surface area contributed by atoms with E-state index in [2.05, 4.69) is 10.3 Å². The third-order valence-electron chi connectivity index (χ3n) is 5.64. The first-order chi connectivity index (χ1) is 14.3. The largest absolute Gasteiger partial charge is 0.416 e. The SMILES string of the molecule is CCc1cccc2c([C@@H](CC(=O)N[C@@H](C)CC)c3ccccc3C(F)(F)F)c[nH]c12. The summed E-state index contributed by atoms with van der Waals surface area (Å²) in [6.07, 6.45) is -1.25. The number of halogens is 3. The molecule has 2 atom stereocenters. The van der Waals surface area contributed by atoms with Gasteiger partial charge in [0.05, 0.1) is 5.56 Å². The number of rotatable bonds is 7. The fourth-order valence-electron chi connectivity index (χ4n) is 3.89. The number of aromatic amines is 1. The molecule has 0 saturated heterocycles. The Kier molecular flexibility index (Phi) is 6.54. The minimum atomic E-state index is -4.50. The van der Waals surface area contributed by atoms with Crippen LogP contribution in [0.4, 0.5) is 13.2 Å². The van der Waals surface area contributed by atoms with Crippen LogP contribution in [0.5, 0.6) is 0 Å². The predicted molar refractivity (Wildman–Crippen MR) is 113 cm³/mol. The number of hydrogen-bond acceptors (Lipinski definition) is 1. The topological polar surface area (TPSA) is 44.9 Å². The predicted octanol–water partition coefficient (Wildman–Crippen LogP) is 6.19. The molecule has 2 aromatic carbocycles. The van der Waals surface area contributed by atoms with E-state index < -0.39 is 17.7 Å². The van der Waals surface area contributed by atoms with Crippen LogP contribution >= 0.6 is 0 Å². The van der Waals surface area contributed by atoms with Crippen molar-refractivity contribution in [1.29, 1.82) is 0 Å². The molecule has 0 radical (unpaired) electrons. The number of aromatic nitrogens is 1. The lowest BCUT2D eigenvalue weighted by Crippen LogP contribution is -2.33. The normalized spacial score (nSPS) is 13.9. The van der Waals surface area contributed by atoms with Gasteiger partial charge in [0.2, 0.25) is 5.91 Å². The van der Waals surface area contributed by atoms with Crippen LogP contribution in [0.2, 0.25) is 0 Å². The number of fused-ring (bicyclic) bond motifs is 1. The van der Waals surface area contributed by atoms with E-state index in [0.717, 1.165) is 35.4 Å². The highest BCUT2D eigenvalue weighted by Crippen LogP contribution is 2.41. The summed E-state index contributed by atoms with van der Waals surface area (Å²) >= 11 is 0. The monoisotopic (exact) mass is 416 g/mol. The summed E-state index contributed by atoms with van der Waals surface area (Å²) in [5.74, 6) is -0.972. The smallest absolute Gasteiger partial charge is 0.361 e. The van der Waals surface area contributed by atoms with Gasteiger partial charge >= 0.3 is 6.18 Å². The zero-order valence-electron chi connectivity index (χ0n) is 17.4. The summed E-state index contributed by atoms with van der Waals surface area (Å²) in [7, 11) is 0. The maximum absolute atomic E-state index is 13.8. The van der Waals surface area contributed by atoms with Crippen molar-refractivity contribution in [3.8, 4) is 0 Å². The number of aryl methyl sites for hydroxylation is 1. The number of carbonyl (C=O) groups is 1. The van der Waals surface area contributed by atoms with E-state index in [1.54, 1.807) is 12.3 Å². The molecule has 30 heavy (non-hydrogen) atoms. The maximum atomic E-state index is 13.8. The molecule has 0 aliphatic rings. The highest BCUT2D eigenvalue weighted by atomic mass is 19.4. The summed E-state index contributed by atoms with van der Waals surface area (Å²) < 4.78 is 41.3. The number of nitrogens with one attached hydrogen (secondary N) is 2. The van der Waals surface area contributed by atoms with Crippen molar-refractivity contribution < 1.29 is 18.0 Å².